The molecular weight excluding hydrogens is 618 g/mol. The molecule has 4 aromatic rings. The summed E-state index contributed by atoms with van der Waals surface area (Å²) < 4.78 is 6.30. The van der Waals surface area contributed by atoms with Crippen LogP contribution in [0.5, 0.6) is 5.75 Å². The number of aryl methyl sites for hydroxylation is 1. The van der Waals surface area contributed by atoms with Gasteiger partial charge >= 0.3 is 6.03 Å². The zero-order valence-electron chi connectivity index (χ0n) is 23.7. The number of pyridine rings is 1. The second kappa shape index (κ2) is 11.9. The third-order valence-corrected chi connectivity index (χ3v) is 8.79. The Bertz CT molecular complexity index is 1610. The summed E-state index contributed by atoms with van der Waals surface area (Å²) >= 11 is 10.4. The smallest absolute Gasteiger partial charge is 0.336 e. The maximum Gasteiger partial charge on any atom is 0.336 e. The van der Waals surface area contributed by atoms with Gasteiger partial charge in [0.05, 0.1) is 30.6 Å². The summed E-state index contributed by atoms with van der Waals surface area (Å²) in [4.78, 5) is 36.2. The Kier molecular flexibility index (Phi) is 8.02. The molecule has 2 aromatic carbocycles. The van der Waals surface area contributed by atoms with Crippen molar-refractivity contribution in [3.05, 3.63) is 92.9 Å². The number of halogens is 2. The van der Waals surface area contributed by atoms with Crippen LogP contribution in [-0.4, -0.2) is 66.2 Å². The summed E-state index contributed by atoms with van der Waals surface area (Å²) in [5, 5.41) is 0.497. The van der Waals surface area contributed by atoms with Crippen LogP contribution in [0.2, 0.25) is 5.02 Å². The predicted octanol–water partition coefficient (Wildman–Crippen LogP) is 6.23. The van der Waals surface area contributed by atoms with E-state index in [4.69, 9.17) is 26.3 Å². The number of carbonyl (C=O) groups excluding carboxylic acids is 1. The SMILES string of the molecule is COc1ccc(N2C(=O)N(c3c(C)cccc3Cl)Cc3cnc(Cc4ccc(N5CCN(C)CC5)cc4Br)nc32)nc1. The van der Waals surface area contributed by atoms with Gasteiger partial charge in [-0.05, 0) is 55.4 Å². The van der Waals surface area contributed by atoms with Crippen LogP contribution in [0.1, 0.15) is 22.5 Å². The number of rotatable bonds is 6. The van der Waals surface area contributed by atoms with Gasteiger partial charge in [-0.25, -0.2) is 24.6 Å². The highest BCUT2D eigenvalue weighted by Gasteiger charge is 2.36. The lowest BCUT2D eigenvalue weighted by molar-refractivity contribution is 0.252. The van der Waals surface area contributed by atoms with Crippen LogP contribution in [0, 0.1) is 6.92 Å². The highest BCUT2D eigenvalue weighted by molar-refractivity contribution is 9.10. The number of anilines is 4. The molecule has 42 heavy (non-hydrogen) atoms. The Morgan fingerprint density at radius 1 is 1.02 bits per heavy atom. The molecule has 0 spiro atoms. The van der Waals surface area contributed by atoms with E-state index >= 15 is 0 Å². The monoisotopic (exact) mass is 647 g/mol. The molecule has 216 valence electrons. The van der Waals surface area contributed by atoms with Crippen LogP contribution in [0.3, 0.4) is 0 Å². The standard InChI is InChI=1S/C31H31BrClN7O2/c1-20-5-4-6-26(33)29(20)39-19-22-17-34-27(36-30(22)40(31(39)41)28-10-9-24(42-3)18-35-28)15-21-7-8-23(16-25(21)32)38-13-11-37(2)12-14-38/h4-10,16-18H,11-15,19H2,1-3H3. The largest absolute Gasteiger partial charge is 0.495 e. The molecule has 11 heteroatoms. The Morgan fingerprint density at radius 2 is 1.83 bits per heavy atom. The van der Waals surface area contributed by atoms with E-state index in [0.29, 0.717) is 40.3 Å². The number of para-hydroxylation sites is 1. The number of fused-ring (bicyclic) bond motifs is 1. The van der Waals surface area contributed by atoms with Gasteiger partial charge in [-0.2, -0.15) is 0 Å². The van der Waals surface area contributed by atoms with E-state index in [1.165, 1.54) is 10.6 Å². The molecule has 4 heterocycles. The molecule has 6 rings (SSSR count). The van der Waals surface area contributed by atoms with Crippen molar-refractivity contribution in [3.8, 4) is 5.75 Å². The minimum absolute atomic E-state index is 0.287. The van der Waals surface area contributed by atoms with E-state index in [2.05, 4.69) is 56.0 Å². The zero-order valence-corrected chi connectivity index (χ0v) is 26.1. The van der Waals surface area contributed by atoms with Gasteiger partial charge in [0.2, 0.25) is 0 Å². The fourth-order valence-electron chi connectivity index (χ4n) is 5.36. The van der Waals surface area contributed by atoms with Gasteiger partial charge in [-0.15, -0.1) is 0 Å². The molecule has 0 unspecified atom stereocenters. The minimum atomic E-state index is -0.293. The van der Waals surface area contributed by atoms with Crippen molar-refractivity contribution in [1.29, 1.82) is 0 Å². The van der Waals surface area contributed by atoms with E-state index in [9.17, 15) is 4.79 Å². The molecule has 0 N–H and O–H groups in total. The van der Waals surface area contributed by atoms with Crippen molar-refractivity contribution in [2.45, 2.75) is 19.9 Å². The number of likely N-dealkylation sites (N-methyl/N-ethyl adjacent to an activating group) is 1. The first-order valence-electron chi connectivity index (χ1n) is 13.8. The summed E-state index contributed by atoms with van der Waals surface area (Å²) in [6.45, 7) is 6.33. The number of hydrogen-bond donors (Lipinski definition) is 0. The number of hydrogen-bond acceptors (Lipinski definition) is 7. The Balaban J connectivity index is 1.34. The van der Waals surface area contributed by atoms with Gasteiger partial charge in [-0.1, -0.05) is 45.7 Å². The fourth-order valence-corrected chi connectivity index (χ4v) is 6.19. The van der Waals surface area contributed by atoms with Gasteiger partial charge in [-0.3, -0.25) is 4.90 Å². The van der Waals surface area contributed by atoms with E-state index in [1.807, 2.05) is 19.1 Å². The zero-order chi connectivity index (χ0) is 29.4. The van der Waals surface area contributed by atoms with Crippen molar-refractivity contribution in [3.63, 3.8) is 0 Å². The average molecular weight is 649 g/mol. The number of piperazine rings is 1. The molecule has 2 aliphatic heterocycles. The van der Waals surface area contributed by atoms with Crippen LogP contribution in [0.15, 0.2) is 65.4 Å². The highest BCUT2D eigenvalue weighted by atomic mass is 79.9. The number of benzene rings is 2. The summed E-state index contributed by atoms with van der Waals surface area (Å²) in [6.07, 6.45) is 3.89. The first kappa shape index (κ1) is 28.4. The third kappa shape index (κ3) is 5.54. The van der Waals surface area contributed by atoms with Crippen molar-refractivity contribution in [2.24, 2.45) is 0 Å². The van der Waals surface area contributed by atoms with Crippen LogP contribution >= 0.6 is 27.5 Å². The van der Waals surface area contributed by atoms with Crippen molar-refractivity contribution >= 4 is 56.6 Å². The molecule has 1 saturated heterocycles. The molecule has 2 aliphatic rings. The molecule has 0 aliphatic carbocycles. The highest BCUT2D eigenvalue weighted by Crippen LogP contribution is 2.39. The van der Waals surface area contributed by atoms with Gasteiger partial charge in [0.15, 0.2) is 5.82 Å². The van der Waals surface area contributed by atoms with Gasteiger partial charge in [0.1, 0.15) is 17.4 Å². The minimum Gasteiger partial charge on any atom is -0.495 e. The summed E-state index contributed by atoms with van der Waals surface area (Å²) in [7, 11) is 3.74. The quantitative estimate of drug-likeness (QED) is 0.246. The number of amides is 2. The third-order valence-electron chi connectivity index (χ3n) is 7.75. The Labute approximate surface area is 258 Å². The van der Waals surface area contributed by atoms with Crippen LogP contribution in [-0.2, 0) is 13.0 Å². The second-order valence-electron chi connectivity index (χ2n) is 10.5. The number of urea groups is 1. The van der Waals surface area contributed by atoms with Gasteiger partial charge < -0.3 is 14.5 Å². The van der Waals surface area contributed by atoms with Crippen molar-refractivity contribution < 1.29 is 9.53 Å². The van der Waals surface area contributed by atoms with E-state index < -0.39 is 0 Å². The van der Waals surface area contributed by atoms with Gasteiger partial charge in [0.25, 0.3) is 0 Å². The summed E-state index contributed by atoms with van der Waals surface area (Å²) in [5.74, 6) is 2.14. The lowest BCUT2D eigenvalue weighted by Gasteiger charge is -2.36. The fraction of sp³-hybridized carbons (Fsp3) is 0.290. The predicted molar refractivity (Wildman–Crippen MR) is 169 cm³/mol. The number of nitrogens with zero attached hydrogens (tertiary/aromatic N) is 7. The molecule has 0 saturated carbocycles. The molecule has 2 aromatic heterocycles. The topological polar surface area (TPSA) is 77.9 Å². The van der Waals surface area contributed by atoms with Crippen molar-refractivity contribution in [2.75, 3.05) is 55.0 Å². The van der Waals surface area contributed by atoms with Crippen LogP contribution < -0.4 is 19.4 Å². The average Bonchev–Trinajstić information content (AvgIpc) is 2.99. The lowest BCUT2D eigenvalue weighted by Crippen LogP contribution is -2.46. The maximum atomic E-state index is 14.1. The molecular formula is C31H31BrClN7O2. The lowest BCUT2D eigenvalue weighted by atomic mass is 10.1. The second-order valence-corrected chi connectivity index (χ2v) is 11.8. The Hall–Kier alpha value is -3.73. The molecule has 0 radical (unpaired) electrons. The van der Waals surface area contributed by atoms with E-state index in [-0.39, 0.29) is 12.6 Å². The number of carbonyl (C=O) groups is 1. The molecule has 2 amide bonds. The molecule has 1 fully saturated rings. The number of ether oxygens (including phenoxy) is 1. The van der Waals surface area contributed by atoms with Crippen LogP contribution in [0.25, 0.3) is 0 Å². The van der Waals surface area contributed by atoms with E-state index in [1.54, 1.807) is 42.6 Å². The normalized spacial score (nSPS) is 15.6. The van der Waals surface area contributed by atoms with Gasteiger partial charge in [0, 0.05) is 54.5 Å². The Morgan fingerprint density at radius 3 is 2.52 bits per heavy atom. The number of methoxy groups -OCH3 is 1. The number of aromatic nitrogens is 3. The maximum absolute atomic E-state index is 14.1. The molecule has 0 atom stereocenters. The summed E-state index contributed by atoms with van der Waals surface area (Å²) in [5.41, 5.74) is 4.60. The first-order chi connectivity index (χ1) is 20.3. The molecule has 9 nitrogen and oxygen atoms in total. The molecule has 0 bridgehead atoms. The van der Waals surface area contributed by atoms with E-state index in [0.717, 1.165) is 47.3 Å². The first-order valence-corrected chi connectivity index (χ1v) is 14.9. The summed E-state index contributed by atoms with van der Waals surface area (Å²) in [6, 6.07) is 15.3. The van der Waals surface area contributed by atoms with Crippen LogP contribution in [0.4, 0.5) is 27.8 Å². The van der Waals surface area contributed by atoms with Crippen molar-refractivity contribution in [1.82, 2.24) is 19.9 Å².